The van der Waals surface area contributed by atoms with Crippen molar-refractivity contribution < 1.29 is 4.74 Å². The van der Waals surface area contributed by atoms with Crippen molar-refractivity contribution in [1.29, 1.82) is 0 Å². The third-order valence-corrected chi connectivity index (χ3v) is 4.61. The quantitative estimate of drug-likeness (QED) is 0.753. The molecule has 2 heterocycles. The van der Waals surface area contributed by atoms with E-state index in [1.54, 1.807) is 7.11 Å². The molecule has 22 heavy (non-hydrogen) atoms. The van der Waals surface area contributed by atoms with Crippen LogP contribution in [0.3, 0.4) is 0 Å². The van der Waals surface area contributed by atoms with E-state index in [1.807, 2.05) is 6.07 Å². The van der Waals surface area contributed by atoms with Crippen LogP contribution >= 0.6 is 12.4 Å². The van der Waals surface area contributed by atoms with Gasteiger partial charge in [-0.3, -0.25) is 0 Å². The van der Waals surface area contributed by atoms with Crippen molar-refractivity contribution in [3.63, 3.8) is 0 Å². The number of halogens is 1. The summed E-state index contributed by atoms with van der Waals surface area (Å²) in [6.45, 7) is 3.34. The van der Waals surface area contributed by atoms with Crippen molar-refractivity contribution in [1.82, 2.24) is 10.3 Å². The van der Waals surface area contributed by atoms with E-state index < -0.39 is 0 Å². The standard InChI is InChI=1S/C18H26N2O.ClH/c1-3-4-5-6-7-17-18-14(10-11-19-17)15-12-13(21-2)8-9-16(15)20-18;/h8-9,12,17,19-20H,3-7,10-11H2,1-2H3;1H. The molecule has 1 aromatic heterocycles. The molecule has 122 valence electrons. The lowest BCUT2D eigenvalue weighted by molar-refractivity contribution is 0.415. The highest BCUT2D eigenvalue weighted by molar-refractivity contribution is 5.86. The summed E-state index contributed by atoms with van der Waals surface area (Å²) in [4.78, 5) is 3.64. The molecule has 3 rings (SSSR count). The molecule has 1 aliphatic rings. The van der Waals surface area contributed by atoms with Gasteiger partial charge in [0.2, 0.25) is 0 Å². The van der Waals surface area contributed by atoms with Gasteiger partial charge in [0, 0.05) is 22.6 Å². The molecule has 3 nitrogen and oxygen atoms in total. The van der Waals surface area contributed by atoms with Crippen LogP contribution < -0.4 is 10.1 Å². The first-order valence-electron chi connectivity index (χ1n) is 8.25. The predicted octanol–water partition coefficient (Wildman–Crippen LogP) is 4.76. The molecular weight excluding hydrogens is 296 g/mol. The zero-order valence-electron chi connectivity index (χ0n) is 13.6. The molecule has 0 bridgehead atoms. The smallest absolute Gasteiger partial charge is 0.119 e. The Labute approximate surface area is 139 Å². The number of aromatic nitrogens is 1. The molecule has 4 heteroatoms. The minimum absolute atomic E-state index is 0. The van der Waals surface area contributed by atoms with E-state index in [9.17, 15) is 0 Å². The number of aromatic amines is 1. The molecule has 2 N–H and O–H groups in total. The first kappa shape index (κ1) is 17.2. The van der Waals surface area contributed by atoms with Crippen molar-refractivity contribution in [3.05, 3.63) is 29.5 Å². The minimum Gasteiger partial charge on any atom is -0.497 e. The Hall–Kier alpha value is -1.19. The molecule has 0 spiro atoms. The van der Waals surface area contributed by atoms with Gasteiger partial charge >= 0.3 is 0 Å². The van der Waals surface area contributed by atoms with Gasteiger partial charge in [-0.25, -0.2) is 0 Å². The number of hydrogen-bond acceptors (Lipinski definition) is 2. The van der Waals surface area contributed by atoms with E-state index in [0.29, 0.717) is 6.04 Å². The third-order valence-electron chi connectivity index (χ3n) is 4.61. The Morgan fingerprint density at radius 2 is 2.09 bits per heavy atom. The van der Waals surface area contributed by atoms with Crippen LogP contribution in [0.15, 0.2) is 18.2 Å². The van der Waals surface area contributed by atoms with Crippen molar-refractivity contribution in [2.75, 3.05) is 13.7 Å². The van der Waals surface area contributed by atoms with Gasteiger partial charge in [0.15, 0.2) is 0 Å². The topological polar surface area (TPSA) is 37.0 Å². The second-order valence-corrected chi connectivity index (χ2v) is 6.03. The zero-order chi connectivity index (χ0) is 14.7. The highest BCUT2D eigenvalue weighted by Gasteiger charge is 2.23. The first-order valence-corrected chi connectivity index (χ1v) is 8.25. The average molecular weight is 323 g/mol. The lowest BCUT2D eigenvalue weighted by Gasteiger charge is -2.24. The van der Waals surface area contributed by atoms with Gasteiger partial charge in [-0.2, -0.15) is 0 Å². The van der Waals surface area contributed by atoms with Crippen LogP contribution in [0, 0.1) is 0 Å². The number of rotatable bonds is 6. The monoisotopic (exact) mass is 322 g/mol. The van der Waals surface area contributed by atoms with Crippen molar-refractivity contribution >= 4 is 23.3 Å². The summed E-state index contributed by atoms with van der Waals surface area (Å²) >= 11 is 0. The molecule has 2 aromatic rings. The number of hydrogen-bond donors (Lipinski definition) is 2. The van der Waals surface area contributed by atoms with Crippen molar-refractivity contribution in [3.8, 4) is 5.75 Å². The fraction of sp³-hybridized carbons (Fsp3) is 0.556. The van der Waals surface area contributed by atoms with Crippen LogP contribution in [-0.2, 0) is 6.42 Å². The molecule has 1 unspecified atom stereocenters. The maximum absolute atomic E-state index is 5.37. The van der Waals surface area contributed by atoms with Gasteiger partial charge in [-0.1, -0.05) is 32.6 Å². The summed E-state index contributed by atoms with van der Waals surface area (Å²) in [5, 5.41) is 5.02. The Morgan fingerprint density at radius 1 is 1.23 bits per heavy atom. The van der Waals surface area contributed by atoms with Gasteiger partial charge < -0.3 is 15.0 Å². The lowest BCUT2D eigenvalue weighted by atomic mass is 9.95. The van der Waals surface area contributed by atoms with Crippen LogP contribution in [0.4, 0.5) is 0 Å². The number of fused-ring (bicyclic) bond motifs is 3. The number of benzene rings is 1. The summed E-state index contributed by atoms with van der Waals surface area (Å²) in [7, 11) is 1.73. The molecule has 0 radical (unpaired) electrons. The van der Waals surface area contributed by atoms with Gasteiger partial charge in [0.25, 0.3) is 0 Å². The summed E-state index contributed by atoms with van der Waals surface area (Å²) in [5.74, 6) is 0.947. The molecule has 1 atom stereocenters. The van der Waals surface area contributed by atoms with Gasteiger partial charge in [-0.15, -0.1) is 12.4 Å². The van der Waals surface area contributed by atoms with E-state index in [2.05, 4.69) is 29.4 Å². The number of ether oxygens (including phenoxy) is 1. The molecule has 0 amide bonds. The highest BCUT2D eigenvalue weighted by atomic mass is 35.5. The summed E-state index contributed by atoms with van der Waals surface area (Å²) < 4.78 is 5.37. The first-order chi connectivity index (χ1) is 10.3. The average Bonchev–Trinajstić information content (AvgIpc) is 2.90. The Morgan fingerprint density at radius 3 is 2.86 bits per heavy atom. The van der Waals surface area contributed by atoms with E-state index >= 15 is 0 Å². The fourth-order valence-corrected chi connectivity index (χ4v) is 3.44. The van der Waals surface area contributed by atoms with E-state index in [1.165, 1.54) is 54.3 Å². The van der Waals surface area contributed by atoms with E-state index in [-0.39, 0.29) is 12.4 Å². The normalized spacial score (nSPS) is 17.1. The second kappa shape index (κ2) is 7.89. The number of nitrogens with one attached hydrogen (secondary N) is 2. The molecule has 0 saturated carbocycles. The largest absolute Gasteiger partial charge is 0.497 e. The lowest BCUT2D eigenvalue weighted by Crippen LogP contribution is -2.29. The van der Waals surface area contributed by atoms with Crippen LogP contribution in [0.2, 0.25) is 0 Å². The van der Waals surface area contributed by atoms with Gasteiger partial charge in [0.1, 0.15) is 5.75 Å². The number of methoxy groups -OCH3 is 1. The zero-order valence-corrected chi connectivity index (χ0v) is 14.4. The Balaban J connectivity index is 0.00000176. The molecule has 0 aliphatic carbocycles. The fourth-order valence-electron chi connectivity index (χ4n) is 3.44. The van der Waals surface area contributed by atoms with Gasteiger partial charge in [0.05, 0.1) is 7.11 Å². The number of H-pyrrole nitrogens is 1. The Bertz CT molecular complexity index is 608. The third kappa shape index (κ3) is 3.41. The minimum atomic E-state index is 0. The summed E-state index contributed by atoms with van der Waals surface area (Å²) in [5.41, 5.74) is 4.13. The maximum Gasteiger partial charge on any atom is 0.119 e. The summed E-state index contributed by atoms with van der Waals surface area (Å²) in [6.07, 6.45) is 7.64. The summed E-state index contributed by atoms with van der Waals surface area (Å²) in [6, 6.07) is 6.84. The van der Waals surface area contributed by atoms with Crippen LogP contribution in [0.25, 0.3) is 10.9 Å². The van der Waals surface area contributed by atoms with Gasteiger partial charge in [-0.05, 0) is 43.1 Å². The Kier molecular flexibility index (Phi) is 6.16. The molecule has 1 aromatic carbocycles. The molecule has 0 fully saturated rings. The SMILES string of the molecule is CCCCCCC1NCCc2c1[nH]c1ccc(OC)cc21.Cl. The van der Waals surface area contributed by atoms with E-state index in [0.717, 1.165) is 18.7 Å². The maximum atomic E-state index is 5.37. The second-order valence-electron chi connectivity index (χ2n) is 6.03. The van der Waals surface area contributed by atoms with E-state index in [4.69, 9.17) is 4.74 Å². The number of unbranched alkanes of at least 4 members (excludes halogenated alkanes) is 3. The molecule has 1 aliphatic heterocycles. The highest BCUT2D eigenvalue weighted by Crippen LogP contribution is 2.34. The van der Waals surface area contributed by atoms with Crippen LogP contribution in [-0.4, -0.2) is 18.6 Å². The predicted molar refractivity (Wildman–Crippen MR) is 95.3 cm³/mol. The van der Waals surface area contributed by atoms with Crippen molar-refractivity contribution in [2.24, 2.45) is 0 Å². The van der Waals surface area contributed by atoms with Crippen molar-refractivity contribution in [2.45, 2.75) is 51.5 Å². The van der Waals surface area contributed by atoms with Crippen LogP contribution in [0.1, 0.15) is 56.3 Å². The molecular formula is C18H27ClN2O. The van der Waals surface area contributed by atoms with Crippen LogP contribution in [0.5, 0.6) is 5.75 Å². The molecule has 0 saturated heterocycles.